The lowest BCUT2D eigenvalue weighted by Gasteiger charge is -2.23. The van der Waals surface area contributed by atoms with Crippen molar-refractivity contribution in [3.8, 4) is 16.9 Å². The van der Waals surface area contributed by atoms with Gasteiger partial charge >= 0.3 is 5.97 Å². The molecule has 3 N–H and O–H groups in total. The monoisotopic (exact) mass is 502 g/mol. The fourth-order valence-electron chi connectivity index (χ4n) is 4.20. The van der Waals surface area contributed by atoms with Gasteiger partial charge in [-0.15, -0.1) is 0 Å². The summed E-state index contributed by atoms with van der Waals surface area (Å²) in [6.45, 7) is 4.11. The van der Waals surface area contributed by atoms with Crippen molar-refractivity contribution in [1.82, 2.24) is 10.6 Å². The molecular formula is C30H34N2O5. The lowest BCUT2D eigenvalue weighted by molar-refractivity contribution is -0.141. The quantitative estimate of drug-likeness (QED) is 0.324. The molecule has 2 amide bonds. The zero-order valence-electron chi connectivity index (χ0n) is 21.4. The van der Waals surface area contributed by atoms with E-state index in [0.29, 0.717) is 17.7 Å². The number of carboxylic acids is 1. The second-order valence-electron chi connectivity index (χ2n) is 9.42. The molecule has 0 bridgehead atoms. The predicted molar refractivity (Wildman–Crippen MR) is 143 cm³/mol. The third kappa shape index (κ3) is 8.20. The number of amides is 2. The minimum absolute atomic E-state index is 0.126. The third-order valence-corrected chi connectivity index (χ3v) is 6.05. The van der Waals surface area contributed by atoms with Crippen LogP contribution >= 0.6 is 0 Å². The molecule has 0 aliphatic rings. The molecule has 0 radical (unpaired) electrons. The van der Waals surface area contributed by atoms with E-state index in [2.05, 4.69) is 10.6 Å². The zero-order chi connectivity index (χ0) is 26.8. The molecule has 0 saturated heterocycles. The van der Waals surface area contributed by atoms with Gasteiger partial charge in [0.25, 0.3) is 0 Å². The highest BCUT2D eigenvalue weighted by Gasteiger charge is 2.29. The van der Waals surface area contributed by atoms with Crippen molar-refractivity contribution in [3.05, 3.63) is 90.0 Å². The highest BCUT2D eigenvalue weighted by molar-refractivity contribution is 5.90. The van der Waals surface area contributed by atoms with Crippen LogP contribution in [0.15, 0.2) is 78.9 Å². The number of aliphatic carboxylic acids is 1. The number of rotatable bonds is 12. The Bertz CT molecular complexity index is 1190. The van der Waals surface area contributed by atoms with Gasteiger partial charge in [-0.25, -0.2) is 0 Å². The van der Waals surface area contributed by atoms with Crippen molar-refractivity contribution in [1.29, 1.82) is 0 Å². The molecule has 0 aromatic heterocycles. The van der Waals surface area contributed by atoms with Crippen molar-refractivity contribution in [2.45, 2.75) is 39.3 Å². The Morgan fingerprint density at radius 3 is 2.16 bits per heavy atom. The Hall–Kier alpha value is -4.13. The first kappa shape index (κ1) is 27.5. The van der Waals surface area contributed by atoms with Crippen LogP contribution in [0.4, 0.5) is 0 Å². The van der Waals surface area contributed by atoms with Crippen LogP contribution < -0.4 is 15.4 Å². The molecule has 3 aromatic carbocycles. The minimum atomic E-state index is -1.05. The van der Waals surface area contributed by atoms with Gasteiger partial charge in [0.2, 0.25) is 11.8 Å². The molecule has 0 fully saturated rings. The minimum Gasteiger partial charge on any atom is -0.497 e. The van der Waals surface area contributed by atoms with Gasteiger partial charge in [-0.1, -0.05) is 80.6 Å². The average Bonchev–Trinajstić information content (AvgIpc) is 2.90. The first-order valence-electron chi connectivity index (χ1n) is 12.3. The van der Waals surface area contributed by atoms with Crippen LogP contribution in [0.3, 0.4) is 0 Å². The van der Waals surface area contributed by atoms with Crippen molar-refractivity contribution in [3.63, 3.8) is 0 Å². The number of carbonyl (C=O) groups is 3. The van der Waals surface area contributed by atoms with Crippen molar-refractivity contribution in [2.24, 2.45) is 11.8 Å². The molecule has 7 nitrogen and oxygen atoms in total. The van der Waals surface area contributed by atoms with Gasteiger partial charge in [-0.2, -0.15) is 0 Å². The number of hydrogen-bond donors (Lipinski definition) is 3. The molecule has 0 aliphatic heterocycles. The van der Waals surface area contributed by atoms with Gasteiger partial charge in [-0.3, -0.25) is 14.4 Å². The predicted octanol–water partition coefficient (Wildman–Crippen LogP) is 4.97. The Morgan fingerprint density at radius 1 is 0.865 bits per heavy atom. The standard InChI is InChI=1S/C30H34N2O5/c1-20(2)16-25(18-27(33)34)29(35)32-28(30(36)31-19-21-8-7-11-26(17-21)37-3)24-14-12-23(13-15-24)22-9-5-4-6-10-22/h4-15,17,20,25,28H,16,18-19H2,1-3H3,(H,31,36)(H,32,35)(H,33,34)/t25-,28?/m1/s1. The van der Waals surface area contributed by atoms with Crippen molar-refractivity contribution >= 4 is 17.8 Å². The number of ether oxygens (including phenoxy) is 1. The fraction of sp³-hybridized carbons (Fsp3) is 0.300. The second-order valence-corrected chi connectivity index (χ2v) is 9.42. The van der Waals surface area contributed by atoms with Crippen LogP contribution in [-0.2, 0) is 20.9 Å². The molecule has 0 aliphatic carbocycles. The van der Waals surface area contributed by atoms with Crippen LogP contribution in [0.2, 0.25) is 0 Å². The van der Waals surface area contributed by atoms with Gasteiger partial charge in [-0.05, 0) is 46.7 Å². The summed E-state index contributed by atoms with van der Waals surface area (Å²) in [5.41, 5.74) is 3.47. The lowest BCUT2D eigenvalue weighted by atomic mass is 9.92. The van der Waals surface area contributed by atoms with E-state index in [1.807, 2.05) is 92.7 Å². The summed E-state index contributed by atoms with van der Waals surface area (Å²) < 4.78 is 5.25. The SMILES string of the molecule is COc1cccc(CNC(=O)C(NC(=O)[C@@H](CC(=O)O)CC(C)C)c2ccc(-c3ccccc3)cc2)c1. The largest absolute Gasteiger partial charge is 0.497 e. The van der Waals surface area contributed by atoms with E-state index in [-0.39, 0.29) is 24.8 Å². The first-order valence-corrected chi connectivity index (χ1v) is 12.3. The second kappa shape index (κ2) is 13.3. The number of carboxylic acid groups (broad SMARTS) is 1. The van der Waals surface area contributed by atoms with Gasteiger partial charge < -0.3 is 20.5 Å². The molecule has 194 valence electrons. The van der Waals surface area contributed by atoms with E-state index in [4.69, 9.17) is 4.74 Å². The highest BCUT2D eigenvalue weighted by atomic mass is 16.5. The van der Waals surface area contributed by atoms with Crippen molar-refractivity contribution in [2.75, 3.05) is 7.11 Å². The Kier molecular flexibility index (Phi) is 9.84. The van der Waals surface area contributed by atoms with E-state index in [0.717, 1.165) is 16.7 Å². The van der Waals surface area contributed by atoms with Crippen molar-refractivity contribution < 1.29 is 24.2 Å². The molecular weight excluding hydrogens is 468 g/mol. The summed E-state index contributed by atoms with van der Waals surface area (Å²) in [6, 6.07) is 23.7. The number of nitrogens with one attached hydrogen (secondary N) is 2. The molecule has 37 heavy (non-hydrogen) atoms. The number of hydrogen-bond acceptors (Lipinski definition) is 4. The molecule has 0 heterocycles. The maximum absolute atomic E-state index is 13.4. The number of benzene rings is 3. The van der Waals surface area contributed by atoms with Gasteiger partial charge in [0.15, 0.2) is 0 Å². The Labute approximate surface area is 217 Å². The summed E-state index contributed by atoms with van der Waals surface area (Å²) in [4.78, 5) is 37.9. The highest BCUT2D eigenvalue weighted by Crippen LogP contribution is 2.24. The van der Waals surface area contributed by atoms with Gasteiger partial charge in [0.1, 0.15) is 11.8 Å². The Balaban J connectivity index is 1.84. The van der Waals surface area contributed by atoms with E-state index < -0.39 is 23.8 Å². The van der Waals surface area contributed by atoms with E-state index in [1.54, 1.807) is 7.11 Å². The number of methoxy groups -OCH3 is 1. The van der Waals surface area contributed by atoms with Crippen LogP contribution in [0, 0.1) is 11.8 Å². The molecule has 0 spiro atoms. The topological polar surface area (TPSA) is 105 Å². The zero-order valence-corrected chi connectivity index (χ0v) is 21.4. The molecule has 7 heteroatoms. The van der Waals surface area contributed by atoms with Crippen LogP contribution in [0.25, 0.3) is 11.1 Å². The van der Waals surface area contributed by atoms with Crippen LogP contribution in [0.1, 0.15) is 43.9 Å². The maximum Gasteiger partial charge on any atom is 0.304 e. The maximum atomic E-state index is 13.4. The normalized spacial score (nSPS) is 12.4. The number of carbonyl (C=O) groups excluding carboxylic acids is 2. The molecule has 3 rings (SSSR count). The van der Waals surface area contributed by atoms with Crippen LogP contribution in [0.5, 0.6) is 5.75 Å². The molecule has 1 unspecified atom stereocenters. The lowest BCUT2D eigenvalue weighted by Crippen LogP contribution is -2.43. The molecule has 2 atom stereocenters. The smallest absolute Gasteiger partial charge is 0.304 e. The van der Waals surface area contributed by atoms with Gasteiger partial charge in [0, 0.05) is 12.5 Å². The summed E-state index contributed by atoms with van der Waals surface area (Å²) >= 11 is 0. The summed E-state index contributed by atoms with van der Waals surface area (Å²) in [5, 5.41) is 15.0. The molecule has 0 saturated carbocycles. The Morgan fingerprint density at radius 2 is 1.54 bits per heavy atom. The first-order chi connectivity index (χ1) is 17.8. The average molecular weight is 503 g/mol. The van der Waals surface area contributed by atoms with E-state index >= 15 is 0 Å². The van der Waals surface area contributed by atoms with Gasteiger partial charge in [0.05, 0.1) is 13.5 Å². The summed E-state index contributed by atoms with van der Waals surface area (Å²) in [6.07, 6.45) is 0.109. The van der Waals surface area contributed by atoms with E-state index in [1.165, 1.54) is 0 Å². The fourth-order valence-corrected chi connectivity index (χ4v) is 4.20. The van der Waals surface area contributed by atoms with E-state index in [9.17, 15) is 19.5 Å². The summed E-state index contributed by atoms with van der Waals surface area (Å²) in [5.74, 6) is -1.83. The summed E-state index contributed by atoms with van der Waals surface area (Å²) in [7, 11) is 1.58. The molecule has 3 aromatic rings. The van der Waals surface area contributed by atoms with Crippen LogP contribution in [-0.4, -0.2) is 30.0 Å². The third-order valence-electron chi connectivity index (χ3n) is 6.05.